The summed E-state index contributed by atoms with van der Waals surface area (Å²) in [5.74, 6) is 0. The molecule has 0 heterocycles. The van der Waals surface area contributed by atoms with E-state index in [-0.39, 0.29) is 6.90 Å². The third-order valence-electron chi connectivity index (χ3n) is 1.11. The van der Waals surface area contributed by atoms with Crippen molar-refractivity contribution in [3.63, 3.8) is 0 Å². The van der Waals surface area contributed by atoms with E-state index in [1.165, 1.54) is 0 Å². The van der Waals surface area contributed by atoms with Crippen LogP contribution in [0.25, 0.3) is 0 Å². The number of rotatable bonds is 1. The van der Waals surface area contributed by atoms with Crippen LogP contribution in [-0.2, 0) is 6.40 Å². The van der Waals surface area contributed by atoms with E-state index in [1.807, 2.05) is 0 Å². The van der Waals surface area contributed by atoms with E-state index in [1.54, 1.807) is 24.3 Å². The molecule has 0 nitrogen and oxygen atoms in total. The summed E-state index contributed by atoms with van der Waals surface area (Å²) in [6.45, 7) is 0.0988. The highest BCUT2D eigenvalue weighted by molar-refractivity contribution is 6.30. The Labute approximate surface area is 63.3 Å². The maximum Gasteiger partial charge on any atom is 0.0406 e. The first-order valence-corrected chi connectivity index (χ1v) is 3.09. The normalized spacial score (nSPS) is 16.1. The van der Waals surface area contributed by atoms with Gasteiger partial charge in [0.25, 0.3) is 0 Å². The van der Waals surface area contributed by atoms with Crippen LogP contribution in [0.2, 0.25) is 5.02 Å². The van der Waals surface area contributed by atoms with Gasteiger partial charge in [-0.3, -0.25) is 0 Å². The predicted octanol–water partition coefficient (Wildman–Crippen LogP) is 2.90. The summed E-state index contributed by atoms with van der Waals surface area (Å²) in [7, 11) is 0. The molecule has 1 unspecified atom stereocenters. The molecule has 0 aliphatic rings. The number of benzene rings is 1. The second-order valence-electron chi connectivity index (χ2n) is 1.76. The van der Waals surface area contributed by atoms with Gasteiger partial charge in [0.05, 0.1) is 0 Å². The lowest BCUT2D eigenvalue weighted by Crippen LogP contribution is -1.75. The molecule has 0 saturated heterocycles. The van der Waals surface area contributed by atoms with Gasteiger partial charge in [-0.1, -0.05) is 30.6 Å². The van der Waals surface area contributed by atoms with Crippen LogP contribution in [0.5, 0.6) is 0 Å². The van der Waals surface area contributed by atoms with E-state index >= 15 is 0 Å². The van der Waals surface area contributed by atoms with E-state index < -0.39 is 6.40 Å². The zero-order chi connectivity index (χ0) is 8.27. The maximum absolute atomic E-state index is 7.40. The number of hydrogen-bond donors (Lipinski definition) is 0. The van der Waals surface area contributed by atoms with E-state index in [2.05, 4.69) is 0 Å². The van der Waals surface area contributed by atoms with Crippen LogP contribution in [0.3, 0.4) is 0 Å². The Hall–Kier alpha value is -0.490. The van der Waals surface area contributed by atoms with Crippen molar-refractivity contribution in [3.8, 4) is 0 Å². The Balaban J connectivity index is 2.81. The zero-order valence-corrected chi connectivity index (χ0v) is 5.73. The van der Waals surface area contributed by atoms with Crippen LogP contribution in [0.1, 0.15) is 15.2 Å². The molecule has 0 radical (unpaired) electrons. The molecular weight excluding hydrogens is 132 g/mol. The molecular formula is C8H9Cl. The molecule has 48 valence electrons. The smallest absolute Gasteiger partial charge is 0.0406 e. The summed E-state index contributed by atoms with van der Waals surface area (Å²) in [6.07, 6.45) is -0.438. The van der Waals surface area contributed by atoms with Gasteiger partial charge in [-0.2, -0.15) is 0 Å². The molecule has 1 rings (SSSR count). The van der Waals surface area contributed by atoms with Gasteiger partial charge in [-0.05, 0) is 24.1 Å². The van der Waals surface area contributed by atoms with E-state index in [9.17, 15) is 0 Å². The van der Waals surface area contributed by atoms with Gasteiger partial charge in [0.15, 0.2) is 0 Å². The minimum absolute atomic E-state index is 0.0988. The van der Waals surface area contributed by atoms with Crippen molar-refractivity contribution in [3.05, 3.63) is 34.9 Å². The average molecular weight is 143 g/mol. The number of hydrogen-bond acceptors (Lipinski definition) is 0. The van der Waals surface area contributed by atoms with Crippen LogP contribution in [0.15, 0.2) is 24.3 Å². The Morgan fingerprint density at radius 3 is 2.78 bits per heavy atom. The van der Waals surface area contributed by atoms with E-state index in [0.29, 0.717) is 5.02 Å². The lowest BCUT2D eigenvalue weighted by atomic mass is 10.2. The van der Waals surface area contributed by atoms with Crippen molar-refractivity contribution < 1.29 is 2.74 Å². The monoisotopic (exact) mass is 142 g/mol. The van der Waals surface area contributed by atoms with Crippen molar-refractivity contribution in [2.45, 2.75) is 13.3 Å². The molecule has 0 aliphatic carbocycles. The van der Waals surface area contributed by atoms with Crippen molar-refractivity contribution in [2.24, 2.45) is 0 Å². The summed E-state index contributed by atoms with van der Waals surface area (Å²) in [6, 6.07) is 7.06. The average Bonchev–Trinajstić information content (AvgIpc) is 2.05. The minimum atomic E-state index is -0.438. The van der Waals surface area contributed by atoms with Crippen LogP contribution < -0.4 is 0 Å². The highest BCUT2D eigenvalue weighted by atomic mass is 35.5. The first-order valence-electron chi connectivity index (χ1n) is 3.99. The molecule has 0 fully saturated rings. The Kier molecular flexibility index (Phi) is 1.39. The third kappa shape index (κ3) is 1.72. The highest BCUT2D eigenvalue weighted by Gasteiger charge is 1.86. The quantitative estimate of drug-likeness (QED) is 0.566. The fourth-order valence-corrected chi connectivity index (χ4v) is 0.725. The van der Waals surface area contributed by atoms with Crippen LogP contribution in [0, 0.1) is 0 Å². The van der Waals surface area contributed by atoms with Crippen LogP contribution >= 0.6 is 11.6 Å². The molecule has 0 bridgehead atoms. The largest absolute Gasteiger partial charge is 0.0843 e. The van der Waals surface area contributed by atoms with Crippen LogP contribution in [0.4, 0.5) is 0 Å². The van der Waals surface area contributed by atoms with Gasteiger partial charge >= 0.3 is 0 Å². The third-order valence-corrected chi connectivity index (χ3v) is 1.36. The Bertz CT molecular complexity index is 220. The standard InChI is InChI=1S/C8H9Cl/c1-2-7-3-5-8(9)6-4-7/h3-6H,2H2,1H3/i1D,2D. The number of aryl methyl sites for hydroxylation is 1. The van der Waals surface area contributed by atoms with Gasteiger partial charge < -0.3 is 0 Å². The van der Waals surface area contributed by atoms with E-state index in [0.717, 1.165) is 5.56 Å². The molecule has 0 aliphatic heterocycles. The fourth-order valence-electron chi connectivity index (χ4n) is 0.599. The Morgan fingerprint density at radius 2 is 2.22 bits per heavy atom. The first kappa shape index (κ1) is 4.35. The molecule has 1 aromatic rings. The van der Waals surface area contributed by atoms with Crippen molar-refractivity contribution in [1.29, 1.82) is 0 Å². The Morgan fingerprint density at radius 1 is 1.56 bits per heavy atom. The first-order chi connectivity index (χ1) is 5.24. The molecule has 9 heavy (non-hydrogen) atoms. The van der Waals surface area contributed by atoms with Gasteiger partial charge in [-0.25, -0.2) is 0 Å². The molecule has 0 N–H and O–H groups in total. The molecule has 1 aromatic carbocycles. The molecule has 1 heteroatoms. The fraction of sp³-hybridized carbons (Fsp3) is 0.250. The molecule has 1 atom stereocenters. The molecule has 0 aromatic heterocycles. The molecule has 0 amide bonds. The summed E-state index contributed by atoms with van der Waals surface area (Å²) in [5.41, 5.74) is 0.851. The van der Waals surface area contributed by atoms with Gasteiger partial charge in [0, 0.05) is 7.76 Å². The van der Waals surface area contributed by atoms with Crippen molar-refractivity contribution in [2.75, 3.05) is 0 Å². The number of halogens is 1. The predicted molar refractivity (Wildman–Crippen MR) is 40.8 cm³/mol. The summed E-state index contributed by atoms with van der Waals surface area (Å²) < 4.78 is 14.4. The SMILES string of the molecule is [2H]CC([2H])c1ccc(Cl)cc1. The summed E-state index contributed by atoms with van der Waals surface area (Å²) in [5, 5.41) is 0.672. The highest BCUT2D eigenvalue weighted by Crippen LogP contribution is 2.09. The second-order valence-corrected chi connectivity index (χ2v) is 2.19. The van der Waals surface area contributed by atoms with Gasteiger partial charge in [0.2, 0.25) is 0 Å². The van der Waals surface area contributed by atoms with Crippen LogP contribution in [-0.4, -0.2) is 0 Å². The van der Waals surface area contributed by atoms with E-state index in [4.69, 9.17) is 14.3 Å². The van der Waals surface area contributed by atoms with Crippen molar-refractivity contribution in [1.82, 2.24) is 0 Å². The molecule has 0 spiro atoms. The van der Waals surface area contributed by atoms with Crippen molar-refractivity contribution >= 4 is 11.6 Å². The lowest BCUT2D eigenvalue weighted by Gasteiger charge is -1.93. The topological polar surface area (TPSA) is 0 Å². The second kappa shape index (κ2) is 2.88. The summed E-state index contributed by atoms with van der Waals surface area (Å²) >= 11 is 5.65. The lowest BCUT2D eigenvalue weighted by molar-refractivity contribution is 1.14. The van der Waals surface area contributed by atoms with Gasteiger partial charge in [-0.15, -0.1) is 0 Å². The maximum atomic E-state index is 7.40. The zero-order valence-electron chi connectivity index (χ0n) is 6.97. The van der Waals surface area contributed by atoms with Gasteiger partial charge in [0.1, 0.15) is 0 Å². The minimum Gasteiger partial charge on any atom is -0.0843 e. The summed E-state index contributed by atoms with van der Waals surface area (Å²) in [4.78, 5) is 0. The molecule has 0 saturated carbocycles.